The average Bonchev–Trinajstić information content (AvgIpc) is 2.07. The molecule has 0 aliphatic carbocycles. The van der Waals surface area contributed by atoms with E-state index in [2.05, 4.69) is 47.2 Å². The maximum Gasteiger partial charge on any atom is 0.0665 e. The fourth-order valence-electron chi connectivity index (χ4n) is 1.95. The van der Waals surface area contributed by atoms with E-state index in [1.165, 1.54) is 16.7 Å². The van der Waals surface area contributed by atoms with Crippen LogP contribution in [0.3, 0.4) is 0 Å². The minimum atomic E-state index is -0.152. The van der Waals surface area contributed by atoms with Crippen molar-refractivity contribution in [2.45, 2.75) is 19.4 Å². The molecule has 1 aliphatic heterocycles. The highest BCUT2D eigenvalue weighted by atomic mass is 79.9. The molecule has 0 saturated carbocycles. The van der Waals surface area contributed by atoms with E-state index in [0.29, 0.717) is 0 Å². The van der Waals surface area contributed by atoms with Crippen LogP contribution in [-0.4, -0.2) is 13.1 Å². The molecule has 0 radical (unpaired) electrons. The Morgan fingerprint density at radius 1 is 1.29 bits per heavy atom. The third-order valence-corrected chi connectivity index (χ3v) is 3.78. The minimum Gasteiger partial charge on any atom is -0.319 e. The van der Waals surface area contributed by atoms with Crippen molar-refractivity contribution >= 4 is 15.9 Å². The van der Waals surface area contributed by atoms with Gasteiger partial charge in [0.15, 0.2) is 0 Å². The molecule has 0 spiro atoms. The molecule has 1 aromatic carbocycles. The SMILES string of the molecule is Cc1cc(C)c(C2(N)CNC2)cc1Br. The van der Waals surface area contributed by atoms with Crippen LogP contribution in [0.25, 0.3) is 0 Å². The summed E-state index contributed by atoms with van der Waals surface area (Å²) in [7, 11) is 0. The van der Waals surface area contributed by atoms with Gasteiger partial charge in [-0.25, -0.2) is 0 Å². The molecule has 0 unspecified atom stereocenters. The van der Waals surface area contributed by atoms with E-state index in [0.717, 1.165) is 17.6 Å². The molecule has 1 saturated heterocycles. The lowest BCUT2D eigenvalue weighted by Gasteiger charge is -2.40. The maximum atomic E-state index is 6.26. The molecule has 2 nitrogen and oxygen atoms in total. The van der Waals surface area contributed by atoms with E-state index in [1.807, 2.05) is 0 Å². The molecule has 76 valence electrons. The Labute approximate surface area is 93.0 Å². The quantitative estimate of drug-likeness (QED) is 0.803. The number of nitrogens with two attached hydrogens (primary N) is 1. The van der Waals surface area contributed by atoms with Gasteiger partial charge in [-0.1, -0.05) is 22.0 Å². The standard InChI is InChI=1S/C11H15BrN2/c1-7-3-8(2)10(12)4-9(7)11(13)5-14-6-11/h3-4,14H,5-6,13H2,1-2H3. The van der Waals surface area contributed by atoms with Crippen molar-refractivity contribution in [1.29, 1.82) is 0 Å². The average molecular weight is 255 g/mol. The van der Waals surface area contributed by atoms with Gasteiger partial charge >= 0.3 is 0 Å². The van der Waals surface area contributed by atoms with Gasteiger partial charge in [-0.15, -0.1) is 0 Å². The van der Waals surface area contributed by atoms with Crippen LogP contribution < -0.4 is 11.1 Å². The lowest BCUT2D eigenvalue weighted by molar-refractivity contribution is 0.286. The van der Waals surface area contributed by atoms with Gasteiger partial charge in [0, 0.05) is 17.6 Å². The monoisotopic (exact) mass is 254 g/mol. The molecule has 1 aliphatic rings. The highest BCUT2D eigenvalue weighted by molar-refractivity contribution is 9.10. The van der Waals surface area contributed by atoms with Crippen molar-refractivity contribution in [2.75, 3.05) is 13.1 Å². The van der Waals surface area contributed by atoms with Crippen LogP contribution in [0.15, 0.2) is 16.6 Å². The maximum absolute atomic E-state index is 6.26. The summed E-state index contributed by atoms with van der Waals surface area (Å²) in [4.78, 5) is 0. The Kier molecular flexibility index (Phi) is 2.41. The van der Waals surface area contributed by atoms with Crippen molar-refractivity contribution in [1.82, 2.24) is 5.32 Å². The number of benzene rings is 1. The highest BCUT2D eigenvalue weighted by Gasteiger charge is 2.35. The first kappa shape index (κ1) is 10.1. The van der Waals surface area contributed by atoms with Crippen LogP contribution in [0.2, 0.25) is 0 Å². The van der Waals surface area contributed by atoms with Crippen molar-refractivity contribution in [2.24, 2.45) is 5.73 Å². The van der Waals surface area contributed by atoms with Crippen LogP contribution in [0.1, 0.15) is 16.7 Å². The lowest BCUT2D eigenvalue weighted by atomic mass is 9.82. The fourth-order valence-corrected chi connectivity index (χ4v) is 2.29. The lowest BCUT2D eigenvalue weighted by Crippen LogP contribution is -2.63. The smallest absolute Gasteiger partial charge is 0.0665 e. The van der Waals surface area contributed by atoms with Crippen LogP contribution in [0.5, 0.6) is 0 Å². The number of hydrogen-bond acceptors (Lipinski definition) is 2. The summed E-state index contributed by atoms with van der Waals surface area (Å²) < 4.78 is 1.15. The topological polar surface area (TPSA) is 38.0 Å². The normalized spacial score (nSPS) is 19.1. The van der Waals surface area contributed by atoms with Crippen LogP contribution in [0, 0.1) is 13.8 Å². The van der Waals surface area contributed by atoms with E-state index in [9.17, 15) is 0 Å². The summed E-state index contributed by atoms with van der Waals surface area (Å²) in [5.74, 6) is 0. The summed E-state index contributed by atoms with van der Waals surface area (Å²) in [6.07, 6.45) is 0. The van der Waals surface area contributed by atoms with Gasteiger partial charge in [0.1, 0.15) is 0 Å². The molecule has 14 heavy (non-hydrogen) atoms. The second kappa shape index (κ2) is 3.33. The largest absolute Gasteiger partial charge is 0.319 e. The first-order valence-corrected chi connectivity index (χ1v) is 5.59. The van der Waals surface area contributed by atoms with Crippen molar-refractivity contribution in [3.8, 4) is 0 Å². The van der Waals surface area contributed by atoms with Gasteiger partial charge in [0.05, 0.1) is 5.54 Å². The summed E-state index contributed by atoms with van der Waals surface area (Å²) in [6.45, 7) is 5.98. The Morgan fingerprint density at radius 3 is 2.43 bits per heavy atom. The molecule has 1 fully saturated rings. The Hall–Kier alpha value is -0.380. The van der Waals surface area contributed by atoms with Gasteiger partial charge in [-0.3, -0.25) is 0 Å². The van der Waals surface area contributed by atoms with E-state index in [1.54, 1.807) is 0 Å². The molecule has 1 heterocycles. The molecular weight excluding hydrogens is 240 g/mol. The summed E-state index contributed by atoms with van der Waals surface area (Å²) >= 11 is 3.55. The van der Waals surface area contributed by atoms with Gasteiger partial charge in [0.25, 0.3) is 0 Å². The number of nitrogens with one attached hydrogen (secondary N) is 1. The number of halogens is 1. The zero-order valence-corrected chi connectivity index (χ0v) is 10.1. The van der Waals surface area contributed by atoms with Crippen molar-refractivity contribution < 1.29 is 0 Å². The van der Waals surface area contributed by atoms with Crippen molar-refractivity contribution in [3.05, 3.63) is 33.3 Å². The molecular formula is C11H15BrN2. The predicted octanol–water partition coefficient (Wildman–Crippen LogP) is 1.82. The summed E-state index contributed by atoms with van der Waals surface area (Å²) in [6, 6.07) is 4.35. The Balaban J connectivity index is 2.48. The second-order valence-electron chi connectivity index (χ2n) is 4.18. The van der Waals surface area contributed by atoms with Gasteiger partial charge < -0.3 is 11.1 Å². The third-order valence-electron chi connectivity index (χ3n) is 2.92. The van der Waals surface area contributed by atoms with E-state index in [-0.39, 0.29) is 5.54 Å². The molecule has 0 aromatic heterocycles. The molecule has 0 bridgehead atoms. The Morgan fingerprint density at radius 2 is 1.93 bits per heavy atom. The molecule has 1 aromatic rings. The Bertz CT molecular complexity index is 370. The first-order chi connectivity index (χ1) is 6.53. The summed E-state index contributed by atoms with van der Waals surface area (Å²) in [5, 5.41) is 3.22. The molecule has 2 rings (SSSR count). The molecule has 3 N–H and O–H groups in total. The molecule has 0 atom stereocenters. The minimum absolute atomic E-state index is 0.152. The van der Waals surface area contributed by atoms with Crippen molar-refractivity contribution in [3.63, 3.8) is 0 Å². The summed E-state index contributed by atoms with van der Waals surface area (Å²) in [5.41, 5.74) is 9.92. The highest BCUT2D eigenvalue weighted by Crippen LogP contribution is 2.30. The van der Waals surface area contributed by atoms with Gasteiger partial charge in [-0.2, -0.15) is 0 Å². The van der Waals surface area contributed by atoms with E-state index >= 15 is 0 Å². The zero-order chi connectivity index (χ0) is 10.3. The number of rotatable bonds is 1. The number of hydrogen-bond donors (Lipinski definition) is 2. The van der Waals surface area contributed by atoms with E-state index in [4.69, 9.17) is 5.73 Å². The van der Waals surface area contributed by atoms with Gasteiger partial charge in [0.2, 0.25) is 0 Å². The van der Waals surface area contributed by atoms with Gasteiger partial charge in [-0.05, 0) is 36.6 Å². The van der Waals surface area contributed by atoms with E-state index < -0.39 is 0 Å². The fraction of sp³-hybridized carbons (Fsp3) is 0.455. The van der Waals surface area contributed by atoms with Crippen LogP contribution in [0.4, 0.5) is 0 Å². The zero-order valence-electron chi connectivity index (χ0n) is 8.52. The molecule has 3 heteroatoms. The second-order valence-corrected chi connectivity index (χ2v) is 5.03. The molecule has 0 amide bonds. The third kappa shape index (κ3) is 1.49. The van der Waals surface area contributed by atoms with Crippen LogP contribution in [-0.2, 0) is 5.54 Å². The number of aryl methyl sites for hydroxylation is 2. The van der Waals surface area contributed by atoms with Crippen LogP contribution >= 0.6 is 15.9 Å². The predicted molar refractivity (Wildman–Crippen MR) is 62.4 cm³/mol. The first-order valence-electron chi connectivity index (χ1n) is 4.80.